The summed E-state index contributed by atoms with van der Waals surface area (Å²) in [7, 11) is 0. The first-order chi connectivity index (χ1) is 13.1. The molecule has 1 saturated heterocycles. The van der Waals surface area contributed by atoms with Gasteiger partial charge in [0.15, 0.2) is 0 Å². The zero-order valence-electron chi connectivity index (χ0n) is 15.2. The molecule has 28 heavy (non-hydrogen) atoms. The maximum Gasteiger partial charge on any atom is 0.436 e. The first kappa shape index (κ1) is 21.7. The van der Waals surface area contributed by atoms with Crippen molar-refractivity contribution in [3.8, 4) is 0 Å². The SMILES string of the molecule is CCOC(=O)CCN1C(=O)[C@@H](NC(=O)c2ccccc2)CC[C@@]1(O)C(F)(F)F. The summed E-state index contributed by atoms with van der Waals surface area (Å²) in [6, 6.07) is 6.62. The Morgan fingerprint density at radius 3 is 2.54 bits per heavy atom. The van der Waals surface area contributed by atoms with E-state index in [9.17, 15) is 32.7 Å². The van der Waals surface area contributed by atoms with Crippen LogP contribution in [0, 0.1) is 0 Å². The minimum absolute atomic E-state index is 0.0338. The molecule has 7 nitrogen and oxygen atoms in total. The largest absolute Gasteiger partial charge is 0.466 e. The van der Waals surface area contributed by atoms with E-state index in [1.807, 2.05) is 0 Å². The Hall–Kier alpha value is -2.62. The predicted molar refractivity (Wildman–Crippen MR) is 90.9 cm³/mol. The number of nitrogens with zero attached hydrogens (tertiary/aromatic N) is 1. The van der Waals surface area contributed by atoms with E-state index in [0.717, 1.165) is 0 Å². The first-order valence-corrected chi connectivity index (χ1v) is 8.72. The zero-order valence-corrected chi connectivity index (χ0v) is 15.2. The normalized spacial score (nSPS) is 22.7. The summed E-state index contributed by atoms with van der Waals surface area (Å²) in [5.41, 5.74) is -3.17. The fraction of sp³-hybridized carbons (Fsp3) is 0.500. The molecule has 1 aliphatic heterocycles. The molecule has 1 aromatic carbocycles. The molecule has 0 radical (unpaired) electrons. The van der Waals surface area contributed by atoms with Gasteiger partial charge in [-0.3, -0.25) is 14.4 Å². The number of likely N-dealkylation sites (tertiary alicyclic amines) is 1. The number of alkyl halides is 3. The fourth-order valence-electron chi connectivity index (χ4n) is 2.97. The van der Waals surface area contributed by atoms with Crippen LogP contribution in [0.15, 0.2) is 30.3 Å². The predicted octanol–water partition coefficient (Wildman–Crippen LogP) is 1.61. The van der Waals surface area contributed by atoms with Crippen molar-refractivity contribution in [1.82, 2.24) is 10.2 Å². The topological polar surface area (TPSA) is 95.9 Å². The number of esters is 1. The second-order valence-corrected chi connectivity index (χ2v) is 6.29. The molecule has 0 bridgehead atoms. The minimum Gasteiger partial charge on any atom is -0.466 e. The van der Waals surface area contributed by atoms with E-state index in [4.69, 9.17) is 0 Å². The lowest BCUT2D eigenvalue weighted by Crippen LogP contribution is -2.68. The van der Waals surface area contributed by atoms with Gasteiger partial charge < -0.3 is 20.1 Å². The molecule has 0 saturated carbocycles. The Bertz CT molecular complexity index is 726. The van der Waals surface area contributed by atoms with Gasteiger partial charge in [-0.15, -0.1) is 0 Å². The van der Waals surface area contributed by atoms with Gasteiger partial charge >= 0.3 is 12.1 Å². The third-order valence-corrected chi connectivity index (χ3v) is 4.43. The van der Waals surface area contributed by atoms with Crippen molar-refractivity contribution in [2.75, 3.05) is 13.2 Å². The first-order valence-electron chi connectivity index (χ1n) is 8.72. The number of hydrogen-bond donors (Lipinski definition) is 2. The highest BCUT2D eigenvalue weighted by Gasteiger charge is 2.62. The van der Waals surface area contributed by atoms with Crippen molar-refractivity contribution in [2.45, 2.75) is 44.1 Å². The van der Waals surface area contributed by atoms with Crippen LogP contribution in [0.1, 0.15) is 36.5 Å². The monoisotopic (exact) mass is 402 g/mol. The number of nitrogens with one attached hydrogen (secondary N) is 1. The lowest BCUT2D eigenvalue weighted by Gasteiger charge is -2.46. The van der Waals surface area contributed by atoms with Gasteiger partial charge in [0.25, 0.3) is 5.91 Å². The van der Waals surface area contributed by atoms with Gasteiger partial charge in [-0.25, -0.2) is 0 Å². The lowest BCUT2D eigenvalue weighted by molar-refractivity contribution is -0.318. The average Bonchev–Trinajstić information content (AvgIpc) is 2.64. The second-order valence-electron chi connectivity index (χ2n) is 6.29. The highest BCUT2D eigenvalue weighted by molar-refractivity contribution is 5.97. The third kappa shape index (κ3) is 4.61. The van der Waals surface area contributed by atoms with Crippen molar-refractivity contribution in [3.05, 3.63) is 35.9 Å². The molecule has 2 atom stereocenters. The number of benzene rings is 1. The Morgan fingerprint density at radius 2 is 1.96 bits per heavy atom. The summed E-state index contributed by atoms with van der Waals surface area (Å²) in [6.07, 6.45) is -6.86. The van der Waals surface area contributed by atoms with Crippen LogP contribution in [0.4, 0.5) is 13.2 Å². The van der Waals surface area contributed by atoms with Gasteiger partial charge in [0.2, 0.25) is 11.6 Å². The number of carbonyl (C=O) groups is 3. The molecular formula is C18H21F3N2O5. The highest BCUT2D eigenvalue weighted by Crippen LogP contribution is 2.40. The number of hydrogen-bond acceptors (Lipinski definition) is 5. The molecule has 2 N–H and O–H groups in total. The Morgan fingerprint density at radius 1 is 1.32 bits per heavy atom. The molecular weight excluding hydrogens is 381 g/mol. The van der Waals surface area contributed by atoms with E-state index in [0.29, 0.717) is 0 Å². The average molecular weight is 402 g/mol. The number of amides is 2. The molecule has 2 rings (SSSR count). The third-order valence-electron chi connectivity index (χ3n) is 4.43. The van der Waals surface area contributed by atoms with Crippen molar-refractivity contribution in [3.63, 3.8) is 0 Å². The van der Waals surface area contributed by atoms with Crippen LogP contribution in [0.5, 0.6) is 0 Å². The number of carbonyl (C=O) groups excluding carboxylic acids is 3. The zero-order chi connectivity index (χ0) is 20.9. The fourth-order valence-corrected chi connectivity index (χ4v) is 2.97. The summed E-state index contributed by atoms with van der Waals surface area (Å²) in [6.45, 7) is 0.878. The number of aliphatic hydroxyl groups is 1. The molecule has 0 aliphatic carbocycles. The van der Waals surface area contributed by atoms with E-state index in [1.54, 1.807) is 18.2 Å². The molecule has 154 valence electrons. The van der Waals surface area contributed by atoms with Crippen LogP contribution in [0.3, 0.4) is 0 Å². The van der Waals surface area contributed by atoms with Crippen molar-refractivity contribution >= 4 is 17.8 Å². The van der Waals surface area contributed by atoms with Crippen LogP contribution in [0.25, 0.3) is 0 Å². The molecule has 2 amide bonds. The van der Waals surface area contributed by atoms with E-state index >= 15 is 0 Å². The molecule has 1 aromatic rings. The summed E-state index contributed by atoms with van der Waals surface area (Å²) < 4.78 is 44.9. The van der Waals surface area contributed by atoms with Crippen molar-refractivity contribution in [2.24, 2.45) is 0 Å². The second kappa shape index (κ2) is 8.59. The van der Waals surface area contributed by atoms with Crippen molar-refractivity contribution in [1.29, 1.82) is 0 Å². The molecule has 10 heteroatoms. The molecule has 0 aromatic heterocycles. The highest BCUT2D eigenvalue weighted by atomic mass is 19.4. The van der Waals surface area contributed by atoms with Crippen LogP contribution < -0.4 is 5.32 Å². The summed E-state index contributed by atoms with van der Waals surface area (Å²) in [5.74, 6) is -2.53. The number of ether oxygens (including phenoxy) is 1. The molecule has 0 unspecified atom stereocenters. The van der Waals surface area contributed by atoms with Gasteiger partial charge in [-0.2, -0.15) is 13.2 Å². The molecule has 1 heterocycles. The summed E-state index contributed by atoms with van der Waals surface area (Å²) in [5, 5.41) is 12.6. The minimum atomic E-state index is -5.12. The van der Waals surface area contributed by atoms with Gasteiger partial charge in [0.05, 0.1) is 13.0 Å². The van der Waals surface area contributed by atoms with Crippen LogP contribution in [-0.2, 0) is 14.3 Å². The molecule has 0 spiro atoms. The van der Waals surface area contributed by atoms with E-state index in [2.05, 4.69) is 10.1 Å². The summed E-state index contributed by atoms with van der Waals surface area (Å²) in [4.78, 5) is 36.6. The summed E-state index contributed by atoms with van der Waals surface area (Å²) >= 11 is 0. The van der Waals surface area contributed by atoms with Crippen LogP contribution in [0.2, 0.25) is 0 Å². The van der Waals surface area contributed by atoms with E-state index < -0.39 is 61.5 Å². The maximum absolute atomic E-state index is 13.4. The van der Waals surface area contributed by atoms with Gasteiger partial charge in [0.1, 0.15) is 6.04 Å². The Labute approximate surface area is 159 Å². The molecule has 1 aliphatic rings. The number of piperidine rings is 1. The standard InChI is InChI=1S/C18H21F3N2O5/c1-2-28-14(24)9-11-23-16(26)13(8-10-17(23,27)18(19,20)21)22-15(25)12-6-4-3-5-7-12/h3-7,13,27H,2,8-11H2,1H3,(H,22,25)/t13-,17+/m0/s1. The van der Waals surface area contributed by atoms with E-state index in [1.165, 1.54) is 19.1 Å². The number of halogens is 3. The smallest absolute Gasteiger partial charge is 0.436 e. The quantitative estimate of drug-likeness (QED) is 0.705. The van der Waals surface area contributed by atoms with Crippen LogP contribution >= 0.6 is 0 Å². The molecule has 1 fully saturated rings. The Balaban J connectivity index is 2.18. The van der Waals surface area contributed by atoms with Gasteiger partial charge in [-0.05, 0) is 25.5 Å². The van der Waals surface area contributed by atoms with Gasteiger partial charge in [0, 0.05) is 18.5 Å². The number of rotatable bonds is 6. The van der Waals surface area contributed by atoms with Crippen LogP contribution in [-0.4, -0.2) is 58.9 Å². The Kier molecular flexibility index (Phi) is 6.65. The van der Waals surface area contributed by atoms with E-state index in [-0.39, 0.29) is 17.1 Å². The van der Waals surface area contributed by atoms with Crippen molar-refractivity contribution < 1.29 is 37.4 Å². The maximum atomic E-state index is 13.4. The lowest BCUT2D eigenvalue weighted by atomic mass is 9.92. The van der Waals surface area contributed by atoms with Gasteiger partial charge in [-0.1, -0.05) is 18.2 Å².